The Morgan fingerprint density at radius 2 is 2.06 bits per heavy atom. The number of esters is 1. The maximum absolute atomic E-state index is 11.7. The topological polar surface area (TPSA) is 112 Å². The molecular formula is C8H17O8PS. The Kier molecular flexibility index (Phi) is 5.60. The van der Waals surface area contributed by atoms with Gasteiger partial charge in [-0.3, -0.25) is 13.5 Å². The standard InChI is InChI=1S/C8H17O8PS/c1-13-17(10,14-2)5-8(9)16-7-3-4-15-18(11,12)6-7/h7,11-12H,3-6H2,1-2H3. The normalized spacial score (nSPS) is 25.4. The second-order valence-corrected chi connectivity index (χ2v) is 7.68. The Balaban J connectivity index is 2.48. The Hall–Kier alpha value is -0.150. The van der Waals surface area contributed by atoms with Crippen molar-refractivity contribution in [1.29, 1.82) is 0 Å². The van der Waals surface area contributed by atoms with Crippen LogP contribution < -0.4 is 0 Å². The maximum atomic E-state index is 11.7. The molecule has 0 radical (unpaired) electrons. The van der Waals surface area contributed by atoms with Crippen LogP contribution in [-0.2, 0) is 27.3 Å². The molecule has 1 aliphatic rings. The lowest BCUT2D eigenvalue weighted by Gasteiger charge is -2.34. The summed E-state index contributed by atoms with van der Waals surface area (Å²) in [5.74, 6) is -0.952. The first-order valence-corrected chi connectivity index (χ1v) is 8.47. The van der Waals surface area contributed by atoms with Gasteiger partial charge in [0.2, 0.25) is 0 Å². The van der Waals surface area contributed by atoms with Crippen LogP contribution in [0.3, 0.4) is 0 Å². The molecule has 0 bridgehead atoms. The minimum absolute atomic E-state index is 0.0898. The second-order valence-electron chi connectivity index (χ2n) is 3.63. The molecule has 0 aromatic rings. The summed E-state index contributed by atoms with van der Waals surface area (Å²) in [6, 6.07) is 0. The molecule has 1 atom stereocenters. The van der Waals surface area contributed by atoms with Gasteiger partial charge in [-0.1, -0.05) is 0 Å². The molecular weight excluding hydrogens is 287 g/mol. The summed E-state index contributed by atoms with van der Waals surface area (Å²) < 4.78 is 49.2. The average molecular weight is 304 g/mol. The van der Waals surface area contributed by atoms with Crippen molar-refractivity contribution in [2.75, 3.05) is 32.7 Å². The van der Waals surface area contributed by atoms with Crippen molar-refractivity contribution in [3.05, 3.63) is 0 Å². The van der Waals surface area contributed by atoms with Gasteiger partial charge in [0, 0.05) is 20.6 Å². The zero-order valence-corrected chi connectivity index (χ0v) is 11.8. The summed E-state index contributed by atoms with van der Waals surface area (Å²) in [7, 11) is -4.26. The van der Waals surface area contributed by atoms with Crippen LogP contribution in [0.4, 0.5) is 0 Å². The molecule has 0 saturated carbocycles. The summed E-state index contributed by atoms with van der Waals surface area (Å²) in [5, 5.41) is 0. The molecule has 0 spiro atoms. The van der Waals surface area contributed by atoms with Crippen LogP contribution in [0, 0.1) is 0 Å². The highest BCUT2D eigenvalue weighted by Gasteiger charge is 2.34. The van der Waals surface area contributed by atoms with E-state index in [9.17, 15) is 18.5 Å². The van der Waals surface area contributed by atoms with E-state index in [0.717, 1.165) is 0 Å². The number of carbonyl (C=O) groups is 1. The van der Waals surface area contributed by atoms with E-state index in [1.807, 2.05) is 0 Å². The fourth-order valence-electron chi connectivity index (χ4n) is 1.36. The van der Waals surface area contributed by atoms with Gasteiger partial charge in [-0.25, -0.2) is 0 Å². The molecule has 0 amide bonds. The molecule has 10 heteroatoms. The first-order chi connectivity index (χ1) is 8.30. The van der Waals surface area contributed by atoms with E-state index in [0.29, 0.717) is 6.42 Å². The van der Waals surface area contributed by atoms with Gasteiger partial charge in [-0.2, -0.15) is 0 Å². The van der Waals surface area contributed by atoms with E-state index in [-0.39, 0.29) is 12.4 Å². The van der Waals surface area contributed by atoms with Crippen LogP contribution in [0.25, 0.3) is 0 Å². The minimum atomic E-state index is -3.46. The highest BCUT2D eigenvalue weighted by atomic mass is 32.3. The van der Waals surface area contributed by atoms with Crippen molar-refractivity contribution in [3.8, 4) is 0 Å². The third-order valence-electron chi connectivity index (χ3n) is 2.29. The number of carbonyl (C=O) groups excluding carboxylic acids is 1. The highest BCUT2D eigenvalue weighted by molar-refractivity contribution is 8.20. The zero-order chi connectivity index (χ0) is 13.8. The highest BCUT2D eigenvalue weighted by Crippen LogP contribution is 2.47. The second kappa shape index (κ2) is 6.33. The first kappa shape index (κ1) is 15.9. The number of hydrogen-bond acceptors (Lipinski definition) is 8. The fourth-order valence-corrected chi connectivity index (χ4v) is 3.34. The Morgan fingerprint density at radius 3 is 2.56 bits per heavy atom. The smallest absolute Gasteiger partial charge is 0.341 e. The molecule has 18 heavy (non-hydrogen) atoms. The van der Waals surface area contributed by atoms with Crippen molar-refractivity contribution >= 4 is 24.4 Å². The van der Waals surface area contributed by atoms with Crippen LogP contribution in [-0.4, -0.2) is 53.9 Å². The van der Waals surface area contributed by atoms with E-state index in [1.54, 1.807) is 0 Å². The third kappa shape index (κ3) is 4.85. The summed E-state index contributed by atoms with van der Waals surface area (Å²) in [4.78, 5) is 11.5. The molecule has 8 nitrogen and oxygen atoms in total. The quantitative estimate of drug-likeness (QED) is 0.580. The van der Waals surface area contributed by atoms with E-state index >= 15 is 0 Å². The van der Waals surface area contributed by atoms with Crippen molar-refractivity contribution in [1.82, 2.24) is 0 Å². The lowest BCUT2D eigenvalue weighted by atomic mass is 10.3. The Bertz CT molecular complexity index is 338. The number of hydrogen-bond donors (Lipinski definition) is 2. The predicted octanol–water partition coefficient (Wildman–Crippen LogP) is 1.47. The summed E-state index contributed by atoms with van der Waals surface area (Å²) >= 11 is 0. The molecule has 1 heterocycles. The molecule has 1 saturated heterocycles. The molecule has 0 aromatic carbocycles. The molecule has 1 unspecified atom stereocenters. The summed E-state index contributed by atoms with van der Waals surface area (Å²) in [5.41, 5.74) is 0. The average Bonchev–Trinajstić information content (AvgIpc) is 2.27. The molecule has 108 valence electrons. The van der Waals surface area contributed by atoms with E-state index in [2.05, 4.69) is 9.05 Å². The Morgan fingerprint density at radius 1 is 1.44 bits per heavy atom. The van der Waals surface area contributed by atoms with Crippen molar-refractivity contribution in [2.24, 2.45) is 0 Å². The van der Waals surface area contributed by atoms with E-state index < -0.39 is 36.7 Å². The zero-order valence-electron chi connectivity index (χ0n) is 10.1. The van der Waals surface area contributed by atoms with Gasteiger partial charge >= 0.3 is 13.6 Å². The van der Waals surface area contributed by atoms with E-state index in [1.165, 1.54) is 14.2 Å². The van der Waals surface area contributed by atoms with Crippen LogP contribution in [0.2, 0.25) is 0 Å². The van der Waals surface area contributed by atoms with Gasteiger partial charge in [0.15, 0.2) is 0 Å². The Labute approximate surface area is 107 Å². The van der Waals surface area contributed by atoms with Gasteiger partial charge in [-0.05, 0) is 0 Å². The third-order valence-corrected chi connectivity index (χ3v) is 5.40. The molecule has 1 rings (SSSR count). The van der Waals surface area contributed by atoms with E-state index in [4.69, 9.17) is 8.92 Å². The molecule has 1 fully saturated rings. The van der Waals surface area contributed by atoms with Crippen molar-refractivity contribution in [2.45, 2.75) is 12.5 Å². The van der Waals surface area contributed by atoms with Crippen LogP contribution in [0.1, 0.15) is 6.42 Å². The maximum Gasteiger partial charge on any atom is 0.341 e. The van der Waals surface area contributed by atoms with Crippen LogP contribution in [0.5, 0.6) is 0 Å². The first-order valence-electron chi connectivity index (χ1n) is 5.10. The molecule has 1 aliphatic heterocycles. The van der Waals surface area contributed by atoms with Crippen molar-refractivity contribution in [3.63, 3.8) is 0 Å². The lowest BCUT2D eigenvalue weighted by Crippen LogP contribution is -2.32. The minimum Gasteiger partial charge on any atom is -0.461 e. The summed E-state index contributed by atoms with van der Waals surface area (Å²) in [6.45, 7) is 0.0898. The number of ether oxygens (including phenoxy) is 1. The molecule has 2 N–H and O–H groups in total. The monoisotopic (exact) mass is 304 g/mol. The van der Waals surface area contributed by atoms with Crippen LogP contribution in [0.15, 0.2) is 0 Å². The molecule has 0 aliphatic carbocycles. The van der Waals surface area contributed by atoms with Gasteiger partial charge in [0.25, 0.3) is 0 Å². The van der Waals surface area contributed by atoms with Gasteiger partial charge in [0.1, 0.15) is 12.3 Å². The van der Waals surface area contributed by atoms with Gasteiger partial charge in [0.05, 0.1) is 23.2 Å². The predicted molar refractivity (Wildman–Crippen MR) is 64.7 cm³/mol. The largest absolute Gasteiger partial charge is 0.461 e. The SMILES string of the molecule is COP(=O)(CC(=O)OC1CCOS(O)(O)C1)OC. The van der Waals surface area contributed by atoms with Gasteiger partial charge < -0.3 is 22.9 Å². The van der Waals surface area contributed by atoms with Crippen LogP contribution >= 0.6 is 18.5 Å². The van der Waals surface area contributed by atoms with Gasteiger partial charge in [-0.15, -0.1) is 0 Å². The fraction of sp³-hybridized carbons (Fsp3) is 0.875. The number of rotatable bonds is 5. The summed E-state index contributed by atoms with van der Waals surface area (Å²) in [6.07, 6.45) is -0.832. The van der Waals surface area contributed by atoms with Crippen molar-refractivity contribution < 1.29 is 36.4 Å². The lowest BCUT2D eigenvalue weighted by molar-refractivity contribution is -0.146. The molecule has 0 aromatic heterocycles.